The van der Waals surface area contributed by atoms with Gasteiger partial charge in [0.25, 0.3) is 15.9 Å². The van der Waals surface area contributed by atoms with Gasteiger partial charge in [-0.1, -0.05) is 56.0 Å². The maximum atomic E-state index is 14.6. The van der Waals surface area contributed by atoms with Crippen molar-refractivity contribution < 1.29 is 51.0 Å². The first kappa shape index (κ1) is 41.9. The number of benzene rings is 2. The number of halogens is 1. The van der Waals surface area contributed by atoms with Gasteiger partial charge < -0.3 is 35.1 Å². The summed E-state index contributed by atoms with van der Waals surface area (Å²) in [6.07, 6.45) is 3.14. The van der Waals surface area contributed by atoms with E-state index in [1.54, 1.807) is 30.3 Å². The van der Waals surface area contributed by atoms with Crippen LogP contribution in [0.15, 0.2) is 60.0 Å². The van der Waals surface area contributed by atoms with Gasteiger partial charge in [-0.3, -0.25) is 19.3 Å². The lowest BCUT2D eigenvalue weighted by Crippen LogP contribution is -2.58. The molecule has 4 heterocycles. The molecule has 2 aromatic rings. The fourth-order valence-corrected chi connectivity index (χ4v) is 9.58. The van der Waals surface area contributed by atoms with Crippen molar-refractivity contribution in [1.82, 2.24) is 25.2 Å². The van der Waals surface area contributed by atoms with E-state index in [1.807, 2.05) is 0 Å². The fourth-order valence-electron chi connectivity index (χ4n) is 8.36. The van der Waals surface area contributed by atoms with E-state index in [1.165, 1.54) is 28.0 Å². The Bertz CT molecular complexity index is 2060. The van der Waals surface area contributed by atoms with Crippen molar-refractivity contribution in [2.24, 2.45) is 5.92 Å². The summed E-state index contributed by atoms with van der Waals surface area (Å²) in [5, 5.41) is 8.64. The molecule has 4 N–H and O–H groups in total. The second-order valence-corrected chi connectivity index (χ2v) is 17.5. The van der Waals surface area contributed by atoms with E-state index in [0.717, 1.165) is 12.8 Å². The van der Waals surface area contributed by atoms with Gasteiger partial charge in [-0.05, 0) is 43.0 Å². The molecule has 4 aliphatic heterocycles. The zero-order chi connectivity index (χ0) is 41.7. The number of nitrogens with one attached hydrogen (secondary N) is 4. The van der Waals surface area contributed by atoms with Crippen LogP contribution in [-0.2, 0) is 51.7 Å². The van der Waals surface area contributed by atoms with Gasteiger partial charge >= 0.3 is 12.2 Å². The Morgan fingerprint density at radius 1 is 0.949 bits per heavy atom. The molecule has 0 unspecified atom stereocenters. The number of rotatable bonds is 4. The highest BCUT2D eigenvalue weighted by Crippen LogP contribution is 2.45. The first-order chi connectivity index (χ1) is 28.4. The van der Waals surface area contributed by atoms with Gasteiger partial charge in [-0.15, -0.1) is 6.58 Å². The maximum Gasteiger partial charge on any atom is 0.410 e. The standard InChI is InChI=1S/C41H51FN6O10S/c1-2-27-22-41(27)38(51)46-59(54,55)35-15-8-7-13-32(35)43-18-9-5-3-4-6-14-33(44-39(52)57-28-16-19-56-20-17-28)37(50)48-24-29(21-34(48)36(49)45-41)58-40(53)47-23-26-11-10-12-31(42)30(26)25-47/h2,7-8,10-13,15,27-29,33-34,43H,1,3-6,9,14,16-25H2,(H,44,52)(H,45,49)(H,46,51)/t27-,29-,33+,34+,41-/m1/s1. The molecule has 5 aliphatic rings. The zero-order valence-corrected chi connectivity index (χ0v) is 33.6. The van der Waals surface area contributed by atoms with Gasteiger partial charge in [0.15, 0.2) is 0 Å². The molecule has 1 saturated carbocycles. The molecule has 1 spiro atoms. The van der Waals surface area contributed by atoms with Crippen molar-refractivity contribution in [1.29, 1.82) is 0 Å². The average molecular weight is 839 g/mol. The summed E-state index contributed by atoms with van der Waals surface area (Å²) in [7, 11) is -4.43. The minimum atomic E-state index is -4.43. The molecule has 0 bridgehead atoms. The van der Waals surface area contributed by atoms with Crippen molar-refractivity contribution in [3.05, 3.63) is 72.1 Å². The Kier molecular flexibility index (Phi) is 12.7. The number of para-hydroxylation sites is 1. The van der Waals surface area contributed by atoms with E-state index in [2.05, 4.69) is 27.3 Å². The van der Waals surface area contributed by atoms with Crippen molar-refractivity contribution in [2.75, 3.05) is 31.6 Å². The molecule has 5 amide bonds. The van der Waals surface area contributed by atoms with Gasteiger partial charge in [0.05, 0.1) is 32.0 Å². The number of anilines is 1. The van der Waals surface area contributed by atoms with Gasteiger partial charge in [0.1, 0.15) is 40.5 Å². The number of fused-ring (bicyclic) bond motifs is 3. The van der Waals surface area contributed by atoms with Gasteiger partial charge in [-0.2, -0.15) is 0 Å². The molecule has 0 aromatic heterocycles. The highest BCUT2D eigenvalue weighted by Gasteiger charge is 2.61. The molecule has 2 saturated heterocycles. The number of amides is 5. The topological polar surface area (TPSA) is 202 Å². The number of hydrogen-bond donors (Lipinski definition) is 4. The van der Waals surface area contributed by atoms with Crippen LogP contribution in [0.3, 0.4) is 0 Å². The van der Waals surface area contributed by atoms with Gasteiger partial charge in [-0.25, -0.2) is 27.1 Å². The average Bonchev–Trinajstić information content (AvgIpc) is 3.50. The predicted molar refractivity (Wildman–Crippen MR) is 210 cm³/mol. The summed E-state index contributed by atoms with van der Waals surface area (Å²) in [6.45, 7) is 4.97. The van der Waals surface area contributed by atoms with Crippen LogP contribution < -0.4 is 20.7 Å². The van der Waals surface area contributed by atoms with Crippen LogP contribution in [-0.4, -0.2) is 104 Å². The number of carbonyl (C=O) groups is 5. The normalized spacial score (nSPS) is 27.8. The monoisotopic (exact) mass is 838 g/mol. The summed E-state index contributed by atoms with van der Waals surface area (Å²) in [6, 6.07) is 8.41. The molecule has 1 aliphatic carbocycles. The van der Waals surface area contributed by atoms with Crippen LogP contribution in [0.2, 0.25) is 0 Å². The molecule has 3 fully saturated rings. The summed E-state index contributed by atoms with van der Waals surface area (Å²) >= 11 is 0. The van der Waals surface area contributed by atoms with Crippen molar-refractivity contribution >= 4 is 45.6 Å². The Balaban J connectivity index is 1.15. The predicted octanol–water partition coefficient (Wildman–Crippen LogP) is 3.85. The maximum absolute atomic E-state index is 14.6. The lowest BCUT2D eigenvalue weighted by molar-refractivity contribution is -0.141. The first-order valence-corrected chi connectivity index (χ1v) is 21.8. The van der Waals surface area contributed by atoms with Gasteiger partial charge in [0, 0.05) is 43.8 Å². The van der Waals surface area contributed by atoms with E-state index in [0.29, 0.717) is 68.7 Å². The SMILES string of the molecule is C=C[C@@H]1C[C@@]12NC(=O)[C@@H]1C[C@@H](OC(=O)N3Cc4cccc(F)c4C3)CN1C(=O)[C@@H](NC(=O)OC1CCOCC1)CCCCCCCNc1ccccc1S(=O)(=O)NC2=O. The highest BCUT2D eigenvalue weighted by molar-refractivity contribution is 7.90. The Morgan fingerprint density at radius 3 is 2.47 bits per heavy atom. The first-order valence-electron chi connectivity index (χ1n) is 20.3. The third kappa shape index (κ3) is 9.48. The lowest BCUT2D eigenvalue weighted by Gasteiger charge is -2.30. The van der Waals surface area contributed by atoms with Crippen LogP contribution in [0.5, 0.6) is 0 Å². The second kappa shape index (κ2) is 17.9. The van der Waals surface area contributed by atoms with E-state index >= 15 is 0 Å². The lowest BCUT2D eigenvalue weighted by atomic mass is 10.0. The molecule has 16 nitrogen and oxygen atoms in total. The van der Waals surface area contributed by atoms with E-state index in [9.17, 15) is 36.8 Å². The highest BCUT2D eigenvalue weighted by atomic mass is 32.2. The van der Waals surface area contributed by atoms with E-state index in [4.69, 9.17) is 14.2 Å². The summed E-state index contributed by atoms with van der Waals surface area (Å²) in [4.78, 5) is 72.1. The summed E-state index contributed by atoms with van der Waals surface area (Å²) < 4.78 is 61.0. The largest absolute Gasteiger partial charge is 0.446 e. The Morgan fingerprint density at radius 2 is 1.71 bits per heavy atom. The molecule has 7 rings (SSSR count). The smallest absolute Gasteiger partial charge is 0.410 e. The number of alkyl carbamates (subject to hydrolysis) is 1. The minimum absolute atomic E-state index is 0.0225. The van der Waals surface area contributed by atoms with E-state index < -0.39 is 81.5 Å². The molecule has 59 heavy (non-hydrogen) atoms. The summed E-state index contributed by atoms with van der Waals surface area (Å²) in [5.41, 5.74) is -0.381. The second-order valence-electron chi connectivity index (χ2n) is 15.8. The molecule has 318 valence electrons. The van der Waals surface area contributed by atoms with Gasteiger partial charge in [0.2, 0.25) is 11.8 Å². The number of ether oxygens (including phenoxy) is 3. The van der Waals surface area contributed by atoms with Crippen LogP contribution in [0.25, 0.3) is 0 Å². The third-order valence-corrected chi connectivity index (χ3v) is 13.2. The van der Waals surface area contributed by atoms with Crippen LogP contribution >= 0.6 is 0 Å². The van der Waals surface area contributed by atoms with Crippen LogP contribution in [0, 0.1) is 11.7 Å². The molecular weight excluding hydrogens is 788 g/mol. The number of hydrogen-bond acceptors (Lipinski definition) is 11. The van der Waals surface area contributed by atoms with E-state index in [-0.39, 0.29) is 43.8 Å². The van der Waals surface area contributed by atoms with Crippen molar-refractivity contribution in [3.8, 4) is 0 Å². The fraction of sp³-hybridized carbons (Fsp3) is 0.537. The molecule has 18 heteroatoms. The Hall–Kier alpha value is -5.23. The number of sulfonamides is 1. The quantitative estimate of drug-likeness (QED) is 0.326. The van der Waals surface area contributed by atoms with Crippen LogP contribution in [0.4, 0.5) is 19.7 Å². The third-order valence-electron chi connectivity index (χ3n) is 11.8. The number of carbonyl (C=O) groups excluding carboxylic acids is 5. The summed E-state index contributed by atoms with van der Waals surface area (Å²) in [5.74, 6) is -3.47. The minimum Gasteiger partial charge on any atom is -0.446 e. The Labute approximate surface area is 342 Å². The van der Waals surface area contributed by atoms with Crippen molar-refractivity contribution in [3.63, 3.8) is 0 Å². The van der Waals surface area contributed by atoms with Crippen molar-refractivity contribution in [2.45, 2.75) is 112 Å². The van der Waals surface area contributed by atoms with Crippen LogP contribution in [0.1, 0.15) is 75.3 Å². The molecule has 5 atom stereocenters. The molecular formula is C41H51FN6O10S. The molecule has 2 aromatic carbocycles. The number of nitrogens with zero attached hydrogens (tertiary/aromatic N) is 2. The zero-order valence-electron chi connectivity index (χ0n) is 32.8. The molecule has 0 radical (unpaired) electrons.